The molecule has 0 saturated heterocycles. The number of aromatic nitrogens is 1. The second-order valence-corrected chi connectivity index (χ2v) is 6.45. The van der Waals surface area contributed by atoms with E-state index >= 15 is 0 Å². The molecule has 1 aromatic heterocycles. The van der Waals surface area contributed by atoms with E-state index in [1.54, 1.807) is 31.3 Å². The molecule has 0 unspecified atom stereocenters. The molecule has 0 aliphatic rings. The molecule has 8 heteroatoms. The molecule has 0 radical (unpaired) electrons. The maximum absolute atomic E-state index is 12.1. The van der Waals surface area contributed by atoms with Gasteiger partial charge in [-0.2, -0.15) is 0 Å². The fourth-order valence-corrected chi connectivity index (χ4v) is 2.47. The Bertz CT molecular complexity index is 753. The molecule has 0 fully saturated rings. The molecule has 1 aromatic carbocycles. The Hall–Kier alpha value is -3.13. The van der Waals surface area contributed by atoms with Crippen LogP contribution in [0.2, 0.25) is 0 Å². The van der Waals surface area contributed by atoms with Gasteiger partial charge in [-0.1, -0.05) is 36.4 Å². The van der Waals surface area contributed by atoms with Gasteiger partial charge in [0.1, 0.15) is 6.61 Å². The highest BCUT2D eigenvalue weighted by molar-refractivity contribution is 5.78. The number of nitrogens with one attached hydrogen (secondary N) is 2. The number of carbonyl (C=O) groups excluding carboxylic acids is 2. The molecule has 0 atom stereocenters. The number of ether oxygens (including phenoxy) is 2. The lowest BCUT2D eigenvalue weighted by atomic mass is 10.2. The molecule has 2 aromatic rings. The summed E-state index contributed by atoms with van der Waals surface area (Å²) in [4.78, 5) is 29.8. The summed E-state index contributed by atoms with van der Waals surface area (Å²) < 4.78 is 10.3. The van der Waals surface area contributed by atoms with Crippen LogP contribution in [0.3, 0.4) is 0 Å². The third-order valence-electron chi connectivity index (χ3n) is 4.06. The third kappa shape index (κ3) is 8.61. The molecule has 3 amide bonds. The molecule has 0 saturated carbocycles. The second-order valence-electron chi connectivity index (χ2n) is 6.45. The lowest BCUT2D eigenvalue weighted by molar-refractivity contribution is -0.121. The van der Waals surface area contributed by atoms with Crippen LogP contribution < -0.4 is 15.4 Å². The Morgan fingerprint density at radius 3 is 2.52 bits per heavy atom. The largest absolute Gasteiger partial charge is 0.475 e. The van der Waals surface area contributed by atoms with Crippen LogP contribution in [0.15, 0.2) is 48.7 Å². The van der Waals surface area contributed by atoms with Crippen LogP contribution in [0.4, 0.5) is 4.79 Å². The van der Waals surface area contributed by atoms with Crippen LogP contribution in [-0.2, 0) is 22.6 Å². The summed E-state index contributed by atoms with van der Waals surface area (Å²) in [5.74, 6) is 0.371. The van der Waals surface area contributed by atoms with E-state index in [1.807, 2.05) is 36.4 Å². The van der Waals surface area contributed by atoms with Crippen molar-refractivity contribution in [2.75, 3.05) is 33.9 Å². The van der Waals surface area contributed by atoms with E-state index in [4.69, 9.17) is 9.47 Å². The van der Waals surface area contributed by atoms with Gasteiger partial charge in [0.15, 0.2) is 0 Å². The van der Waals surface area contributed by atoms with Crippen molar-refractivity contribution >= 4 is 11.9 Å². The molecule has 0 bridgehead atoms. The summed E-state index contributed by atoms with van der Waals surface area (Å²) >= 11 is 0. The maximum Gasteiger partial charge on any atom is 0.317 e. The number of urea groups is 1. The molecule has 156 valence electrons. The minimum Gasteiger partial charge on any atom is -0.475 e. The smallest absolute Gasteiger partial charge is 0.317 e. The average Bonchev–Trinajstić information content (AvgIpc) is 2.74. The fraction of sp³-hybridized carbons (Fsp3) is 0.381. The minimum atomic E-state index is -0.213. The predicted octanol–water partition coefficient (Wildman–Crippen LogP) is 1.95. The standard InChI is InChI=1S/C21H28N4O4/c1-25(16-17-6-4-3-5-7-17)21(27)22-11-10-19(26)23-14-18-8-9-20(24-15-18)29-13-12-28-2/h3-9,15H,10-14,16H2,1-2H3,(H,22,27)(H,23,26). The van der Waals surface area contributed by atoms with Crippen molar-refractivity contribution in [3.8, 4) is 5.88 Å². The first-order valence-electron chi connectivity index (χ1n) is 9.44. The van der Waals surface area contributed by atoms with E-state index in [1.165, 1.54) is 0 Å². The zero-order valence-corrected chi connectivity index (χ0v) is 16.9. The summed E-state index contributed by atoms with van der Waals surface area (Å²) in [6.07, 6.45) is 1.86. The van der Waals surface area contributed by atoms with Gasteiger partial charge in [0, 0.05) is 52.5 Å². The van der Waals surface area contributed by atoms with Crippen molar-refractivity contribution < 1.29 is 19.1 Å². The van der Waals surface area contributed by atoms with Crippen LogP contribution in [-0.4, -0.2) is 55.7 Å². The van der Waals surface area contributed by atoms with E-state index in [9.17, 15) is 9.59 Å². The van der Waals surface area contributed by atoms with E-state index in [0.29, 0.717) is 32.2 Å². The van der Waals surface area contributed by atoms with Gasteiger partial charge in [0.05, 0.1) is 6.61 Å². The highest BCUT2D eigenvalue weighted by atomic mass is 16.5. The zero-order valence-electron chi connectivity index (χ0n) is 16.9. The van der Waals surface area contributed by atoms with Gasteiger partial charge >= 0.3 is 6.03 Å². The normalized spacial score (nSPS) is 10.3. The number of rotatable bonds is 11. The third-order valence-corrected chi connectivity index (χ3v) is 4.06. The number of benzene rings is 1. The monoisotopic (exact) mass is 400 g/mol. The van der Waals surface area contributed by atoms with E-state index in [0.717, 1.165) is 11.1 Å². The molecular weight excluding hydrogens is 372 g/mol. The molecule has 0 aliphatic heterocycles. The SMILES string of the molecule is COCCOc1ccc(CNC(=O)CCNC(=O)N(C)Cc2ccccc2)cn1. The van der Waals surface area contributed by atoms with Crippen LogP contribution in [0.25, 0.3) is 0 Å². The fourth-order valence-electron chi connectivity index (χ4n) is 2.47. The molecule has 0 spiro atoms. The molecule has 0 aliphatic carbocycles. The van der Waals surface area contributed by atoms with Crippen molar-refractivity contribution in [1.82, 2.24) is 20.5 Å². The first-order valence-corrected chi connectivity index (χ1v) is 9.44. The highest BCUT2D eigenvalue weighted by Crippen LogP contribution is 2.07. The topological polar surface area (TPSA) is 92.8 Å². The second kappa shape index (κ2) is 12.4. The summed E-state index contributed by atoms with van der Waals surface area (Å²) in [5.41, 5.74) is 1.91. The molecular formula is C21H28N4O4. The summed E-state index contributed by atoms with van der Waals surface area (Å²) in [6, 6.07) is 13.1. The Balaban J connectivity index is 1.62. The Labute approximate surface area is 171 Å². The van der Waals surface area contributed by atoms with E-state index in [-0.39, 0.29) is 24.9 Å². The number of nitrogens with zero attached hydrogens (tertiary/aromatic N) is 2. The number of hydrogen-bond donors (Lipinski definition) is 2. The van der Waals surface area contributed by atoms with Crippen molar-refractivity contribution in [3.05, 3.63) is 59.8 Å². The molecule has 2 rings (SSSR count). The van der Waals surface area contributed by atoms with Gasteiger partial charge in [0.25, 0.3) is 0 Å². The van der Waals surface area contributed by atoms with Gasteiger partial charge < -0.3 is 25.0 Å². The highest BCUT2D eigenvalue weighted by Gasteiger charge is 2.09. The quantitative estimate of drug-likeness (QED) is 0.563. The van der Waals surface area contributed by atoms with E-state index < -0.39 is 0 Å². The Kier molecular flexibility index (Phi) is 9.44. The van der Waals surface area contributed by atoms with Crippen molar-refractivity contribution in [1.29, 1.82) is 0 Å². The number of carbonyl (C=O) groups is 2. The first-order chi connectivity index (χ1) is 14.1. The number of amides is 3. The lowest BCUT2D eigenvalue weighted by Gasteiger charge is -2.18. The van der Waals surface area contributed by atoms with Crippen molar-refractivity contribution in [3.63, 3.8) is 0 Å². The number of methoxy groups -OCH3 is 1. The summed E-state index contributed by atoms with van der Waals surface area (Å²) in [5, 5.41) is 5.56. The molecule has 1 heterocycles. The number of pyridine rings is 1. The molecule has 8 nitrogen and oxygen atoms in total. The van der Waals surface area contributed by atoms with Crippen LogP contribution in [0.1, 0.15) is 17.5 Å². The van der Waals surface area contributed by atoms with Crippen molar-refractivity contribution in [2.45, 2.75) is 19.5 Å². The van der Waals surface area contributed by atoms with Crippen molar-refractivity contribution in [2.24, 2.45) is 0 Å². The van der Waals surface area contributed by atoms with Crippen LogP contribution in [0, 0.1) is 0 Å². The lowest BCUT2D eigenvalue weighted by Crippen LogP contribution is -2.38. The van der Waals surface area contributed by atoms with Gasteiger partial charge in [0.2, 0.25) is 11.8 Å². The number of hydrogen-bond acceptors (Lipinski definition) is 5. The maximum atomic E-state index is 12.1. The summed E-state index contributed by atoms with van der Waals surface area (Å²) in [7, 11) is 3.33. The van der Waals surface area contributed by atoms with E-state index in [2.05, 4.69) is 15.6 Å². The summed E-state index contributed by atoms with van der Waals surface area (Å²) in [6.45, 7) is 2.08. The average molecular weight is 400 g/mol. The van der Waals surface area contributed by atoms with Gasteiger partial charge in [-0.15, -0.1) is 0 Å². The van der Waals surface area contributed by atoms with Crippen LogP contribution in [0.5, 0.6) is 5.88 Å². The predicted molar refractivity (Wildman–Crippen MR) is 109 cm³/mol. The zero-order chi connectivity index (χ0) is 20.9. The van der Waals surface area contributed by atoms with Gasteiger partial charge in [-0.25, -0.2) is 9.78 Å². The van der Waals surface area contributed by atoms with Gasteiger partial charge in [-0.05, 0) is 11.1 Å². The van der Waals surface area contributed by atoms with Crippen LogP contribution >= 0.6 is 0 Å². The first kappa shape index (κ1) is 22.2. The van der Waals surface area contributed by atoms with Gasteiger partial charge in [-0.3, -0.25) is 4.79 Å². The molecule has 2 N–H and O–H groups in total. The Morgan fingerprint density at radius 1 is 1.03 bits per heavy atom. The Morgan fingerprint density at radius 2 is 1.83 bits per heavy atom. The molecule has 29 heavy (non-hydrogen) atoms. The minimum absolute atomic E-state index is 0.142.